The van der Waals surface area contributed by atoms with Gasteiger partial charge in [-0.3, -0.25) is 0 Å². The Bertz CT molecular complexity index is 572. The SMILES string of the molecule is Cc1cc(C)c(Cc2cc(C)c(C)c(C)c2)c(C)c1. The van der Waals surface area contributed by atoms with Gasteiger partial charge in [-0.15, -0.1) is 0 Å². The van der Waals surface area contributed by atoms with Gasteiger partial charge in [-0.05, 0) is 86.9 Å². The van der Waals surface area contributed by atoms with Crippen LogP contribution in [0.1, 0.15) is 44.5 Å². The largest absolute Gasteiger partial charge is 0.0561 e. The zero-order valence-electron chi connectivity index (χ0n) is 13.0. The van der Waals surface area contributed by atoms with Gasteiger partial charge in [0, 0.05) is 0 Å². The van der Waals surface area contributed by atoms with E-state index in [1.165, 1.54) is 44.5 Å². The summed E-state index contributed by atoms with van der Waals surface area (Å²) in [7, 11) is 0. The lowest BCUT2D eigenvalue weighted by Gasteiger charge is -2.14. The van der Waals surface area contributed by atoms with Crippen LogP contribution in [0.25, 0.3) is 0 Å². The summed E-state index contributed by atoms with van der Waals surface area (Å²) in [4.78, 5) is 0. The highest BCUT2D eigenvalue weighted by atomic mass is 14.1. The molecular formula is C19H24. The van der Waals surface area contributed by atoms with E-state index in [4.69, 9.17) is 0 Å². The van der Waals surface area contributed by atoms with E-state index in [1.807, 2.05) is 0 Å². The van der Waals surface area contributed by atoms with Crippen LogP contribution in [-0.2, 0) is 6.42 Å². The van der Waals surface area contributed by atoms with Gasteiger partial charge in [0.15, 0.2) is 0 Å². The van der Waals surface area contributed by atoms with Crippen LogP contribution < -0.4 is 0 Å². The molecule has 0 unspecified atom stereocenters. The van der Waals surface area contributed by atoms with Gasteiger partial charge in [0.1, 0.15) is 0 Å². The van der Waals surface area contributed by atoms with Crippen molar-refractivity contribution < 1.29 is 0 Å². The van der Waals surface area contributed by atoms with Gasteiger partial charge in [-0.1, -0.05) is 29.8 Å². The third-order valence-electron chi connectivity index (χ3n) is 4.21. The predicted molar refractivity (Wildman–Crippen MR) is 84.1 cm³/mol. The van der Waals surface area contributed by atoms with E-state index >= 15 is 0 Å². The lowest BCUT2D eigenvalue weighted by atomic mass is 9.92. The second-order valence-electron chi connectivity index (χ2n) is 5.91. The molecule has 0 N–H and O–H groups in total. The molecule has 0 bridgehead atoms. The summed E-state index contributed by atoms with van der Waals surface area (Å²) in [6.07, 6.45) is 1.04. The summed E-state index contributed by atoms with van der Waals surface area (Å²) in [6.45, 7) is 13.2. The van der Waals surface area contributed by atoms with Crippen molar-refractivity contribution in [3.63, 3.8) is 0 Å². The number of aryl methyl sites for hydroxylation is 5. The first-order valence-electron chi connectivity index (χ1n) is 7.02. The average molecular weight is 252 g/mol. The maximum Gasteiger partial charge on any atom is -0.00203 e. The molecule has 2 rings (SSSR count). The molecule has 0 aliphatic rings. The highest BCUT2D eigenvalue weighted by Crippen LogP contribution is 2.23. The van der Waals surface area contributed by atoms with E-state index < -0.39 is 0 Å². The van der Waals surface area contributed by atoms with Crippen LogP contribution in [0.2, 0.25) is 0 Å². The molecule has 0 heteroatoms. The number of benzene rings is 2. The van der Waals surface area contributed by atoms with Crippen molar-refractivity contribution in [1.82, 2.24) is 0 Å². The molecule has 0 atom stereocenters. The van der Waals surface area contributed by atoms with E-state index in [2.05, 4.69) is 65.8 Å². The Balaban J connectivity index is 2.42. The second-order valence-corrected chi connectivity index (χ2v) is 5.91. The minimum atomic E-state index is 1.04. The fourth-order valence-electron chi connectivity index (χ4n) is 2.92. The zero-order valence-corrected chi connectivity index (χ0v) is 13.0. The summed E-state index contributed by atoms with van der Waals surface area (Å²) >= 11 is 0. The number of hydrogen-bond acceptors (Lipinski definition) is 0. The average Bonchev–Trinajstić information content (AvgIpc) is 2.30. The summed E-state index contributed by atoms with van der Waals surface area (Å²) in [5.74, 6) is 0. The molecule has 0 aromatic heterocycles. The molecule has 0 aliphatic heterocycles. The first kappa shape index (κ1) is 13.9. The van der Waals surface area contributed by atoms with E-state index in [-0.39, 0.29) is 0 Å². The normalized spacial score (nSPS) is 10.8. The predicted octanol–water partition coefficient (Wildman–Crippen LogP) is 5.13. The summed E-state index contributed by atoms with van der Waals surface area (Å²) in [6, 6.07) is 9.24. The molecule has 19 heavy (non-hydrogen) atoms. The Labute approximate surface area is 117 Å². The maximum absolute atomic E-state index is 2.33. The topological polar surface area (TPSA) is 0 Å². The van der Waals surface area contributed by atoms with E-state index in [9.17, 15) is 0 Å². The molecule has 0 aliphatic carbocycles. The molecule has 0 amide bonds. The molecule has 0 heterocycles. The Morgan fingerprint density at radius 2 is 1.11 bits per heavy atom. The second kappa shape index (κ2) is 5.21. The van der Waals surface area contributed by atoms with Crippen molar-refractivity contribution in [3.05, 3.63) is 68.8 Å². The Morgan fingerprint density at radius 1 is 0.632 bits per heavy atom. The van der Waals surface area contributed by atoms with Crippen LogP contribution in [-0.4, -0.2) is 0 Å². The van der Waals surface area contributed by atoms with Crippen LogP contribution in [0.3, 0.4) is 0 Å². The van der Waals surface area contributed by atoms with Gasteiger partial charge in [-0.2, -0.15) is 0 Å². The number of hydrogen-bond donors (Lipinski definition) is 0. The zero-order chi connectivity index (χ0) is 14.2. The van der Waals surface area contributed by atoms with E-state index in [1.54, 1.807) is 0 Å². The van der Waals surface area contributed by atoms with Crippen molar-refractivity contribution >= 4 is 0 Å². The fraction of sp³-hybridized carbons (Fsp3) is 0.368. The summed E-state index contributed by atoms with van der Waals surface area (Å²) in [5.41, 5.74) is 11.3. The fourth-order valence-corrected chi connectivity index (χ4v) is 2.92. The molecule has 0 radical (unpaired) electrons. The van der Waals surface area contributed by atoms with Crippen molar-refractivity contribution in [2.75, 3.05) is 0 Å². The lowest BCUT2D eigenvalue weighted by molar-refractivity contribution is 1.09. The van der Waals surface area contributed by atoms with Crippen LogP contribution in [0.15, 0.2) is 24.3 Å². The Kier molecular flexibility index (Phi) is 3.80. The third kappa shape index (κ3) is 2.89. The quantitative estimate of drug-likeness (QED) is 0.695. The molecule has 0 spiro atoms. The third-order valence-corrected chi connectivity index (χ3v) is 4.21. The van der Waals surface area contributed by atoms with Crippen molar-refractivity contribution in [1.29, 1.82) is 0 Å². The number of rotatable bonds is 2. The van der Waals surface area contributed by atoms with Crippen LogP contribution in [0.5, 0.6) is 0 Å². The molecule has 0 fully saturated rings. The van der Waals surface area contributed by atoms with Gasteiger partial charge < -0.3 is 0 Å². The first-order valence-corrected chi connectivity index (χ1v) is 7.02. The molecule has 2 aromatic rings. The first-order chi connectivity index (χ1) is 8.88. The minimum Gasteiger partial charge on any atom is -0.0561 e. The molecule has 2 aromatic carbocycles. The molecule has 0 saturated heterocycles. The van der Waals surface area contributed by atoms with E-state index in [0.717, 1.165) is 6.42 Å². The molecular weight excluding hydrogens is 228 g/mol. The van der Waals surface area contributed by atoms with Gasteiger partial charge in [0.2, 0.25) is 0 Å². The highest BCUT2D eigenvalue weighted by molar-refractivity contribution is 5.43. The molecule has 100 valence electrons. The molecule has 0 saturated carbocycles. The highest BCUT2D eigenvalue weighted by Gasteiger charge is 2.07. The van der Waals surface area contributed by atoms with Gasteiger partial charge in [-0.25, -0.2) is 0 Å². The van der Waals surface area contributed by atoms with Gasteiger partial charge >= 0.3 is 0 Å². The summed E-state index contributed by atoms with van der Waals surface area (Å²) < 4.78 is 0. The maximum atomic E-state index is 2.33. The Morgan fingerprint density at radius 3 is 1.58 bits per heavy atom. The van der Waals surface area contributed by atoms with Crippen LogP contribution in [0, 0.1) is 41.5 Å². The molecule has 0 nitrogen and oxygen atoms in total. The van der Waals surface area contributed by atoms with Crippen molar-refractivity contribution in [3.8, 4) is 0 Å². The van der Waals surface area contributed by atoms with Gasteiger partial charge in [0.05, 0.1) is 0 Å². The minimum absolute atomic E-state index is 1.04. The van der Waals surface area contributed by atoms with Crippen LogP contribution >= 0.6 is 0 Å². The smallest absolute Gasteiger partial charge is 0.00203 e. The summed E-state index contributed by atoms with van der Waals surface area (Å²) in [5, 5.41) is 0. The van der Waals surface area contributed by atoms with Crippen molar-refractivity contribution in [2.45, 2.75) is 48.0 Å². The van der Waals surface area contributed by atoms with Crippen LogP contribution in [0.4, 0.5) is 0 Å². The van der Waals surface area contributed by atoms with Crippen molar-refractivity contribution in [2.24, 2.45) is 0 Å². The van der Waals surface area contributed by atoms with E-state index in [0.29, 0.717) is 0 Å². The lowest BCUT2D eigenvalue weighted by Crippen LogP contribution is -1.99. The Hall–Kier alpha value is -1.56. The van der Waals surface area contributed by atoms with Gasteiger partial charge in [0.25, 0.3) is 0 Å². The monoisotopic (exact) mass is 252 g/mol. The standard InChI is InChI=1S/C19H24/c1-12-7-15(4)19(16(5)8-12)11-18-9-13(2)17(6)14(3)10-18/h7-10H,11H2,1-6H3.